The van der Waals surface area contributed by atoms with Crippen LogP contribution >= 0.6 is 0 Å². The van der Waals surface area contributed by atoms with Gasteiger partial charge in [0.15, 0.2) is 5.96 Å². The fourth-order valence-corrected chi connectivity index (χ4v) is 2.26. The van der Waals surface area contributed by atoms with Gasteiger partial charge in [-0.25, -0.2) is 9.67 Å². The molecular weight excluding hydrogens is 302 g/mol. The molecule has 3 aromatic rings. The lowest BCUT2D eigenvalue weighted by Gasteiger charge is -2.09. The first-order valence-corrected chi connectivity index (χ1v) is 7.98. The van der Waals surface area contributed by atoms with Crippen molar-refractivity contribution in [3.63, 3.8) is 0 Å². The molecule has 0 aliphatic heterocycles. The van der Waals surface area contributed by atoms with Crippen LogP contribution in [0.4, 0.5) is 0 Å². The van der Waals surface area contributed by atoms with E-state index < -0.39 is 0 Å². The highest BCUT2D eigenvalue weighted by atomic mass is 16.3. The molecule has 0 unspecified atom stereocenters. The topological polar surface area (TPSA) is 67.4 Å². The average molecular weight is 323 g/mol. The van der Waals surface area contributed by atoms with Gasteiger partial charge in [-0.1, -0.05) is 18.2 Å². The number of aromatic nitrogens is 2. The van der Waals surface area contributed by atoms with E-state index >= 15 is 0 Å². The van der Waals surface area contributed by atoms with Gasteiger partial charge >= 0.3 is 0 Å². The van der Waals surface area contributed by atoms with Crippen molar-refractivity contribution in [3.8, 4) is 5.69 Å². The third-order valence-corrected chi connectivity index (χ3v) is 3.43. The van der Waals surface area contributed by atoms with Crippen molar-refractivity contribution in [1.29, 1.82) is 0 Å². The number of rotatable bonds is 6. The zero-order valence-corrected chi connectivity index (χ0v) is 13.6. The van der Waals surface area contributed by atoms with Crippen LogP contribution in [-0.4, -0.2) is 22.3 Å². The summed E-state index contributed by atoms with van der Waals surface area (Å²) in [6.07, 6.45) is 5.50. The first-order valence-electron chi connectivity index (χ1n) is 7.98. The summed E-state index contributed by atoms with van der Waals surface area (Å²) in [7, 11) is 0. The Balaban J connectivity index is 1.62. The summed E-state index contributed by atoms with van der Waals surface area (Å²) < 4.78 is 7.17. The summed E-state index contributed by atoms with van der Waals surface area (Å²) in [6.45, 7) is 3.99. The largest absolute Gasteiger partial charge is 0.467 e. The number of nitrogens with one attached hydrogen (secondary N) is 2. The van der Waals surface area contributed by atoms with Crippen LogP contribution in [0.25, 0.3) is 5.69 Å². The second-order valence-electron chi connectivity index (χ2n) is 5.26. The first-order chi connectivity index (χ1) is 11.8. The molecule has 1 aromatic carbocycles. The number of benzene rings is 1. The summed E-state index contributed by atoms with van der Waals surface area (Å²) in [4.78, 5) is 4.59. The third-order valence-electron chi connectivity index (χ3n) is 3.43. The monoisotopic (exact) mass is 323 g/mol. The summed E-state index contributed by atoms with van der Waals surface area (Å²) in [5.41, 5.74) is 2.09. The molecule has 0 aliphatic rings. The molecule has 0 saturated carbocycles. The van der Waals surface area contributed by atoms with Gasteiger partial charge in [0.1, 0.15) is 5.76 Å². The second kappa shape index (κ2) is 8.01. The van der Waals surface area contributed by atoms with Crippen molar-refractivity contribution in [2.75, 3.05) is 6.54 Å². The minimum absolute atomic E-state index is 0.556. The van der Waals surface area contributed by atoms with Gasteiger partial charge in [0.25, 0.3) is 0 Å². The van der Waals surface area contributed by atoms with Crippen molar-refractivity contribution < 1.29 is 4.42 Å². The fraction of sp³-hybridized carbons (Fsp3) is 0.222. The normalized spacial score (nSPS) is 11.5. The zero-order valence-electron chi connectivity index (χ0n) is 13.6. The molecule has 6 heteroatoms. The van der Waals surface area contributed by atoms with E-state index in [1.54, 1.807) is 6.26 Å². The maximum atomic E-state index is 5.32. The molecule has 24 heavy (non-hydrogen) atoms. The van der Waals surface area contributed by atoms with Crippen LogP contribution in [0.1, 0.15) is 18.2 Å². The van der Waals surface area contributed by atoms with Crippen LogP contribution in [0.2, 0.25) is 0 Å². The van der Waals surface area contributed by atoms with Crippen LogP contribution in [0, 0.1) is 0 Å². The number of hydrogen-bond acceptors (Lipinski definition) is 3. The van der Waals surface area contributed by atoms with Crippen molar-refractivity contribution in [3.05, 3.63) is 72.4 Å². The van der Waals surface area contributed by atoms with Gasteiger partial charge in [0, 0.05) is 18.3 Å². The summed E-state index contributed by atoms with van der Waals surface area (Å²) in [5.74, 6) is 1.62. The SMILES string of the molecule is CCNC(=NCc1cnn(-c2ccccc2)c1)NCc1ccco1. The highest BCUT2D eigenvalue weighted by Crippen LogP contribution is 2.08. The van der Waals surface area contributed by atoms with Crippen LogP contribution in [-0.2, 0) is 13.1 Å². The van der Waals surface area contributed by atoms with Crippen LogP contribution in [0.15, 0.2) is 70.5 Å². The van der Waals surface area contributed by atoms with Crippen LogP contribution < -0.4 is 10.6 Å². The number of hydrogen-bond donors (Lipinski definition) is 2. The Kier molecular flexibility index (Phi) is 5.29. The quantitative estimate of drug-likeness (QED) is 0.541. The molecule has 0 atom stereocenters. The van der Waals surface area contributed by atoms with E-state index in [0.717, 1.165) is 29.5 Å². The fourth-order valence-electron chi connectivity index (χ4n) is 2.26. The molecule has 0 amide bonds. The summed E-state index contributed by atoms with van der Waals surface area (Å²) in [6, 6.07) is 13.8. The Hall–Kier alpha value is -3.02. The molecule has 0 fully saturated rings. The molecule has 124 valence electrons. The molecule has 2 aromatic heterocycles. The van der Waals surface area contributed by atoms with Crippen molar-refractivity contribution in [2.45, 2.75) is 20.0 Å². The Bertz CT molecular complexity index is 762. The first kappa shape index (κ1) is 15.9. The maximum absolute atomic E-state index is 5.32. The molecule has 0 bridgehead atoms. The van der Waals surface area contributed by atoms with E-state index in [2.05, 4.69) is 20.7 Å². The average Bonchev–Trinajstić information content (AvgIpc) is 3.30. The lowest BCUT2D eigenvalue weighted by molar-refractivity contribution is 0.501. The minimum Gasteiger partial charge on any atom is -0.467 e. The predicted molar refractivity (Wildman–Crippen MR) is 93.9 cm³/mol. The highest BCUT2D eigenvalue weighted by Gasteiger charge is 2.02. The standard InChI is InChI=1S/C18H21N5O/c1-2-19-18(21-13-17-9-6-10-24-17)20-11-15-12-22-23(14-15)16-7-4-3-5-8-16/h3-10,12,14H,2,11,13H2,1H3,(H2,19,20,21). The van der Waals surface area contributed by atoms with Crippen LogP contribution in [0.5, 0.6) is 0 Å². The van der Waals surface area contributed by atoms with E-state index in [-0.39, 0.29) is 0 Å². The van der Waals surface area contributed by atoms with E-state index in [1.807, 2.05) is 66.5 Å². The smallest absolute Gasteiger partial charge is 0.191 e. The molecule has 0 spiro atoms. The highest BCUT2D eigenvalue weighted by molar-refractivity contribution is 5.79. The Morgan fingerprint density at radius 1 is 1.17 bits per heavy atom. The van der Waals surface area contributed by atoms with Gasteiger partial charge in [0.2, 0.25) is 0 Å². The molecule has 0 saturated heterocycles. The Labute approximate surface area is 141 Å². The predicted octanol–water partition coefficient (Wildman–Crippen LogP) is 2.72. The van der Waals surface area contributed by atoms with Crippen molar-refractivity contribution in [1.82, 2.24) is 20.4 Å². The van der Waals surface area contributed by atoms with E-state index in [0.29, 0.717) is 13.1 Å². The summed E-state index contributed by atoms with van der Waals surface area (Å²) >= 11 is 0. The van der Waals surface area contributed by atoms with Crippen LogP contribution in [0.3, 0.4) is 0 Å². The zero-order chi connectivity index (χ0) is 16.6. The number of nitrogens with zero attached hydrogens (tertiary/aromatic N) is 3. The summed E-state index contributed by atoms with van der Waals surface area (Å²) in [5, 5.41) is 10.9. The van der Waals surface area contributed by atoms with Crippen molar-refractivity contribution >= 4 is 5.96 Å². The Morgan fingerprint density at radius 3 is 2.79 bits per heavy atom. The van der Waals surface area contributed by atoms with Gasteiger partial charge in [-0.15, -0.1) is 0 Å². The molecular formula is C18H21N5O. The molecule has 0 radical (unpaired) electrons. The molecule has 2 N–H and O–H groups in total. The lowest BCUT2D eigenvalue weighted by Crippen LogP contribution is -2.36. The number of aliphatic imine (C=N–C) groups is 1. The molecule has 6 nitrogen and oxygen atoms in total. The van der Waals surface area contributed by atoms with Gasteiger partial charge in [-0.2, -0.15) is 5.10 Å². The lowest BCUT2D eigenvalue weighted by atomic mass is 10.3. The van der Waals surface area contributed by atoms with Gasteiger partial charge in [-0.3, -0.25) is 0 Å². The van der Waals surface area contributed by atoms with Crippen molar-refractivity contribution in [2.24, 2.45) is 4.99 Å². The van der Waals surface area contributed by atoms with E-state index in [9.17, 15) is 0 Å². The molecule has 2 heterocycles. The molecule has 3 rings (SSSR count). The van der Waals surface area contributed by atoms with Gasteiger partial charge in [0.05, 0.1) is 31.2 Å². The second-order valence-corrected chi connectivity index (χ2v) is 5.26. The number of para-hydroxylation sites is 1. The van der Waals surface area contributed by atoms with Gasteiger partial charge < -0.3 is 15.1 Å². The number of furan rings is 1. The maximum Gasteiger partial charge on any atom is 0.191 e. The van der Waals surface area contributed by atoms with Gasteiger partial charge in [-0.05, 0) is 31.2 Å². The molecule has 0 aliphatic carbocycles. The van der Waals surface area contributed by atoms with E-state index in [4.69, 9.17) is 4.42 Å². The third kappa shape index (κ3) is 4.25. The minimum atomic E-state index is 0.556. The number of guanidine groups is 1. The Morgan fingerprint density at radius 2 is 2.04 bits per heavy atom. The van der Waals surface area contributed by atoms with E-state index in [1.165, 1.54) is 0 Å².